The van der Waals surface area contributed by atoms with Crippen molar-refractivity contribution in [3.8, 4) is 12.3 Å². The van der Waals surface area contributed by atoms with E-state index in [9.17, 15) is 4.79 Å². The Bertz CT molecular complexity index is 638. The second-order valence-electron chi connectivity index (χ2n) is 7.44. The lowest BCUT2D eigenvalue weighted by Gasteiger charge is -2.36. The summed E-state index contributed by atoms with van der Waals surface area (Å²) in [5.74, 6) is 2.60. The molecule has 1 rings (SSSR count). The average molecular weight is 424 g/mol. The number of halogens is 1. The quantitative estimate of drug-likeness (QED) is 0.214. The maximum Gasteiger partial charge on any atom is 0.410 e. The van der Waals surface area contributed by atoms with E-state index >= 15 is 0 Å². The zero-order valence-electron chi connectivity index (χ0n) is 16.7. The fraction of sp³-hybridized carbons (Fsp3) is 0.600. The van der Waals surface area contributed by atoms with Gasteiger partial charge >= 0.3 is 6.09 Å². The van der Waals surface area contributed by atoms with Crippen LogP contribution in [0.25, 0.3) is 0 Å². The SMILES string of the molecule is C#C/C=C(\C)C1=C(N(C)C=NCBr)CCC(N(C)C(=O)OC(C)(C)C)C1. The van der Waals surface area contributed by atoms with Crippen molar-refractivity contribution in [1.29, 1.82) is 0 Å². The maximum atomic E-state index is 12.4. The van der Waals surface area contributed by atoms with Gasteiger partial charge in [-0.15, -0.1) is 6.42 Å². The molecule has 26 heavy (non-hydrogen) atoms. The fourth-order valence-corrected chi connectivity index (χ4v) is 3.07. The number of hydrogen-bond donors (Lipinski definition) is 0. The molecule has 6 heteroatoms. The first-order valence-corrected chi connectivity index (χ1v) is 9.82. The Morgan fingerprint density at radius 1 is 1.46 bits per heavy atom. The molecule has 0 N–H and O–H groups in total. The molecule has 0 aliphatic heterocycles. The van der Waals surface area contributed by atoms with Gasteiger partial charge in [0.25, 0.3) is 0 Å². The van der Waals surface area contributed by atoms with Crippen LogP contribution in [0.4, 0.5) is 4.79 Å². The van der Waals surface area contributed by atoms with Crippen LogP contribution in [0.3, 0.4) is 0 Å². The second-order valence-corrected chi connectivity index (χ2v) is 7.94. The van der Waals surface area contributed by atoms with Gasteiger partial charge in [-0.3, -0.25) is 4.99 Å². The molecule has 1 aliphatic rings. The third-order valence-electron chi connectivity index (χ3n) is 4.26. The second kappa shape index (κ2) is 9.82. The van der Waals surface area contributed by atoms with Crippen LogP contribution in [0.1, 0.15) is 47.0 Å². The molecule has 0 aromatic carbocycles. The summed E-state index contributed by atoms with van der Waals surface area (Å²) in [5.41, 5.74) is 3.45. The van der Waals surface area contributed by atoms with E-state index in [1.165, 1.54) is 5.70 Å². The van der Waals surface area contributed by atoms with E-state index < -0.39 is 5.60 Å². The van der Waals surface area contributed by atoms with E-state index in [4.69, 9.17) is 11.2 Å². The van der Waals surface area contributed by atoms with Gasteiger partial charge in [0.2, 0.25) is 0 Å². The molecule has 1 unspecified atom stereocenters. The van der Waals surface area contributed by atoms with Crippen LogP contribution in [0.5, 0.6) is 0 Å². The normalized spacial score (nSPS) is 18.7. The maximum absolute atomic E-state index is 12.4. The van der Waals surface area contributed by atoms with Crippen LogP contribution < -0.4 is 0 Å². The Balaban J connectivity index is 3.08. The molecule has 144 valence electrons. The minimum absolute atomic E-state index is 0.0752. The Kier molecular flexibility index (Phi) is 8.42. The fourth-order valence-electron chi connectivity index (χ4n) is 2.94. The van der Waals surface area contributed by atoms with Crippen LogP contribution in [0.2, 0.25) is 0 Å². The summed E-state index contributed by atoms with van der Waals surface area (Å²) in [6.07, 6.45) is 11.2. The highest BCUT2D eigenvalue weighted by molar-refractivity contribution is 9.09. The van der Waals surface area contributed by atoms with Gasteiger partial charge in [-0.2, -0.15) is 0 Å². The summed E-state index contributed by atoms with van der Waals surface area (Å²) in [7, 11) is 3.79. The Labute approximate surface area is 166 Å². The molecular formula is C20H30BrN3O2. The third kappa shape index (κ3) is 6.53. The van der Waals surface area contributed by atoms with Crippen molar-refractivity contribution in [3.05, 3.63) is 22.9 Å². The van der Waals surface area contributed by atoms with Gasteiger partial charge in [0, 0.05) is 25.8 Å². The van der Waals surface area contributed by atoms with Gasteiger partial charge in [-0.05, 0) is 64.2 Å². The number of nitrogens with zero attached hydrogens (tertiary/aromatic N) is 3. The summed E-state index contributed by atoms with van der Waals surface area (Å²) >= 11 is 3.30. The highest BCUT2D eigenvalue weighted by atomic mass is 79.9. The molecule has 0 spiro atoms. The molecule has 1 aliphatic carbocycles. The summed E-state index contributed by atoms with van der Waals surface area (Å²) in [4.78, 5) is 20.4. The number of allylic oxidation sites excluding steroid dienone is 3. The van der Waals surface area contributed by atoms with E-state index in [-0.39, 0.29) is 12.1 Å². The zero-order chi connectivity index (χ0) is 19.9. The van der Waals surface area contributed by atoms with Crippen LogP contribution >= 0.6 is 15.9 Å². The molecule has 0 aromatic heterocycles. The Morgan fingerprint density at radius 2 is 2.12 bits per heavy atom. The van der Waals surface area contributed by atoms with Crippen molar-refractivity contribution in [1.82, 2.24) is 9.80 Å². The van der Waals surface area contributed by atoms with Gasteiger partial charge in [0.05, 0.1) is 11.8 Å². The standard InChI is InChI=1S/C20H30BrN3O2/c1-8-9-15(2)17-12-16(24(7)19(25)26-20(3,4)5)10-11-18(17)23(6)14-22-13-21/h1,9,14,16H,10-13H2,2-7H3/b15-9+,22-14?. The van der Waals surface area contributed by atoms with Gasteiger partial charge in [0.1, 0.15) is 5.60 Å². The summed E-state index contributed by atoms with van der Waals surface area (Å²) in [6, 6.07) is 0.0752. The molecule has 0 aromatic rings. The largest absolute Gasteiger partial charge is 0.444 e. The molecule has 0 radical (unpaired) electrons. The highest BCUT2D eigenvalue weighted by Gasteiger charge is 2.30. The number of alkyl halides is 1. The number of aliphatic imine (C=N–C) groups is 1. The number of hydrogen-bond acceptors (Lipinski definition) is 3. The van der Waals surface area contributed by atoms with Crippen LogP contribution in [-0.4, -0.2) is 53.4 Å². The van der Waals surface area contributed by atoms with Crippen molar-refractivity contribution in [2.24, 2.45) is 4.99 Å². The number of carbonyl (C=O) groups is 1. The molecule has 5 nitrogen and oxygen atoms in total. The van der Waals surface area contributed by atoms with Crippen molar-refractivity contribution in [2.75, 3.05) is 19.5 Å². The first-order chi connectivity index (χ1) is 12.1. The zero-order valence-corrected chi connectivity index (χ0v) is 18.3. The lowest BCUT2D eigenvalue weighted by molar-refractivity contribution is 0.0209. The number of ether oxygens (including phenoxy) is 1. The Morgan fingerprint density at radius 3 is 2.65 bits per heavy atom. The lowest BCUT2D eigenvalue weighted by Crippen LogP contribution is -2.42. The minimum Gasteiger partial charge on any atom is -0.444 e. The molecular weight excluding hydrogens is 394 g/mol. The van der Waals surface area contributed by atoms with E-state index in [1.807, 2.05) is 46.0 Å². The molecule has 0 heterocycles. The van der Waals surface area contributed by atoms with E-state index in [0.29, 0.717) is 5.45 Å². The molecule has 0 saturated carbocycles. The molecule has 1 amide bonds. The monoisotopic (exact) mass is 423 g/mol. The average Bonchev–Trinajstić information content (AvgIpc) is 2.57. The van der Waals surface area contributed by atoms with Crippen molar-refractivity contribution < 1.29 is 9.53 Å². The molecule has 0 bridgehead atoms. The van der Waals surface area contributed by atoms with Gasteiger partial charge in [-0.1, -0.05) is 21.9 Å². The number of amides is 1. The van der Waals surface area contributed by atoms with Gasteiger partial charge in [0.15, 0.2) is 0 Å². The van der Waals surface area contributed by atoms with Crippen LogP contribution in [0.15, 0.2) is 27.9 Å². The van der Waals surface area contributed by atoms with E-state index in [0.717, 1.165) is 30.4 Å². The Hall–Kier alpha value is -1.74. The predicted molar refractivity (Wildman–Crippen MR) is 111 cm³/mol. The minimum atomic E-state index is -0.504. The first-order valence-electron chi connectivity index (χ1n) is 8.70. The molecule has 1 atom stereocenters. The smallest absolute Gasteiger partial charge is 0.410 e. The molecule has 0 saturated heterocycles. The van der Waals surface area contributed by atoms with Crippen molar-refractivity contribution >= 4 is 28.4 Å². The lowest BCUT2D eigenvalue weighted by atomic mass is 9.87. The predicted octanol–water partition coefficient (Wildman–Crippen LogP) is 4.55. The highest BCUT2D eigenvalue weighted by Crippen LogP contribution is 2.33. The summed E-state index contributed by atoms with van der Waals surface area (Å²) in [5, 5.41) is 0. The third-order valence-corrected chi connectivity index (χ3v) is 4.55. The number of terminal acetylenes is 1. The topological polar surface area (TPSA) is 45.1 Å². The van der Waals surface area contributed by atoms with Crippen LogP contribution in [0, 0.1) is 12.3 Å². The van der Waals surface area contributed by atoms with E-state index in [2.05, 4.69) is 26.8 Å². The summed E-state index contributed by atoms with van der Waals surface area (Å²) < 4.78 is 5.51. The number of rotatable bonds is 5. The van der Waals surface area contributed by atoms with Crippen molar-refractivity contribution in [3.63, 3.8) is 0 Å². The summed E-state index contributed by atoms with van der Waals surface area (Å²) in [6.45, 7) is 7.64. The van der Waals surface area contributed by atoms with Crippen LogP contribution in [-0.2, 0) is 4.74 Å². The van der Waals surface area contributed by atoms with E-state index in [1.54, 1.807) is 18.0 Å². The van der Waals surface area contributed by atoms with Gasteiger partial charge < -0.3 is 14.5 Å². The van der Waals surface area contributed by atoms with Gasteiger partial charge in [-0.25, -0.2) is 4.79 Å². The first kappa shape index (κ1) is 22.3. The number of carbonyl (C=O) groups excluding carboxylic acids is 1. The molecule has 0 fully saturated rings. The van der Waals surface area contributed by atoms with Crippen molar-refractivity contribution in [2.45, 2.75) is 58.6 Å².